The van der Waals surface area contributed by atoms with E-state index in [1.165, 1.54) is 32.6 Å². The molecule has 4 heterocycles. The summed E-state index contributed by atoms with van der Waals surface area (Å²) < 4.78 is 7.25. The number of hydrogen-bond acceptors (Lipinski definition) is 3. The van der Waals surface area contributed by atoms with Gasteiger partial charge in [0.15, 0.2) is 17.5 Å². The third-order valence-electron chi connectivity index (χ3n) is 12.5. The number of para-hydroxylation sites is 4. The summed E-state index contributed by atoms with van der Waals surface area (Å²) in [4.78, 5) is 15.3. The van der Waals surface area contributed by atoms with Crippen LogP contribution in [0, 0.1) is 0 Å². The third-order valence-corrected chi connectivity index (χ3v) is 12.5. The lowest BCUT2D eigenvalue weighted by molar-refractivity contribution is 1.07. The average molecular weight is 805 g/mol. The van der Waals surface area contributed by atoms with Gasteiger partial charge in [-0.05, 0) is 78.9 Å². The smallest absolute Gasteiger partial charge is 0.164 e. The first-order valence-corrected chi connectivity index (χ1v) is 21.3. The number of aromatic nitrogens is 6. The molecular weight excluding hydrogens is 769 g/mol. The van der Waals surface area contributed by atoms with Crippen LogP contribution in [0.4, 0.5) is 0 Å². The Bertz CT molecular complexity index is 3830. The van der Waals surface area contributed by atoms with Gasteiger partial charge in [0, 0.05) is 66.1 Å². The Labute approximate surface area is 362 Å². The van der Waals surface area contributed by atoms with Crippen LogP contribution in [0.2, 0.25) is 0 Å². The summed E-state index contributed by atoms with van der Waals surface area (Å²) in [5, 5.41) is 7.09. The second kappa shape index (κ2) is 14.0. The van der Waals surface area contributed by atoms with Gasteiger partial charge in [0.1, 0.15) is 0 Å². The Kier molecular flexibility index (Phi) is 7.80. The first-order valence-electron chi connectivity index (χ1n) is 21.3. The van der Waals surface area contributed by atoms with Gasteiger partial charge in [0.05, 0.1) is 33.1 Å². The fraction of sp³-hybridized carbons (Fsp3) is 0. The quantitative estimate of drug-likeness (QED) is 0.168. The first-order chi connectivity index (χ1) is 31.3. The molecule has 0 atom stereocenters. The fourth-order valence-corrected chi connectivity index (χ4v) is 9.71. The zero-order chi connectivity index (χ0) is 41.4. The van der Waals surface area contributed by atoms with Crippen molar-refractivity contribution in [2.24, 2.45) is 0 Å². The molecule has 6 nitrogen and oxygen atoms in total. The molecule has 13 aromatic rings. The predicted octanol–water partition coefficient (Wildman–Crippen LogP) is 14.2. The van der Waals surface area contributed by atoms with Crippen LogP contribution >= 0.6 is 0 Å². The van der Waals surface area contributed by atoms with E-state index in [0.29, 0.717) is 17.5 Å². The van der Waals surface area contributed by atoms with Gasteiger partial charge in [-0.25, -0.2) is 15.0 Å². The minimum Gasteiger partial charge on any atom is -0.309 e. The number of hydrogen-bond donors (Lipinski definition) is 0. The number of rotatable bonds is 6. The van der Waals surface area contributed by atoms with Crippen LogP contribution in [-0.4, -0.2) is 28.7 Å². The van der Waals surface area contributed by atoms with Crippen molar-refractivity contribution in [1.82, 2.24) is 28.7 Å². The normalized spacial score (nSPS) is 11.8. The standard InChI is InChI=1S/C57H36N6/c1-5-17-37(18-6-1)55-58-56(38-19-7-2-8-20-38)60-57(59-55)39-29-32-51-46(35-39)44-31-34-52-53(45-26-14-16-28-49(45)62(52)41-23-11-4-12-24-41)54(44)63(51)42-30-33-50-47(36-42)43-25-13-15-27-48(43)61(50)40-21-9-3-10-22-40/h1-36H. The number of nitrogens with zero attached hydrogens (tertiary/aromatic N) is 6. The maximum atomic E-state index is 5.13. The Balaban J connectivity index is 1.12. The molecule has 13 rings (SSSR count). The molecule has 0 amide bonds. The van der Waals surface area contributed by atoms with Crippen molar-refractivity contribution in [2.45, 2.75) is 0 Å². The zero-order valence-electron chi connectivity index (χ0n) is 34.0. The molecule has 0 spiro atoms. The van der Waals surface area contributed by atoms with Crippen molar-refractivity contribution >= 4 is 65.4 Å². The van der Waals surface area contributed by atoms with Gasteiger partial charge in [0.25, 0.3) is 0 Å². The minimum absolute atomic E-state index is 0.627. The number of benzene rings is 9. The molecule has 0 radical (unpaired) electrons. The van der Waals surface area contributed by atoms with E-state index in [1.807, 2.05) is 36.4 Å². The fourth-order valence-electron chi connectivity index (χ4n) is 9.71. The first kappa shape index (κ1) is 35.2. The summed E-state index contributed by atoms with van der Waals surface area (Å²) in [6.45, 7) is 0. The van der Waals surface area contributed by atoms with Crippen LogP contribution < -0.4 is 0 Å². The molecule has 0 N–H and O–H groups in total. The van der Waals surface area contributed by atoms with Crippen molar-refractivity contribution in [2.75, 3.05) is 0 Å². The van der Waals surface area contributed by atoms with Gasteiger partial charge < -0.3 is 13.7 Å². The Morgan fingerprint density at radius 2 is 0.698 bits per heavy atom. The highest BCUT2D eigenvalue weighted by Gasteiger charge is 2.23. The monoisotopic (exact) mass is 804 g/mol. The molecule has 0 saturated heterocycles. The number of fused-ring (bicyclic) bond motifs is 10. The van der Waals surface area contributed by atoms with Gasteiger partial charge in [-0.1, -0.05) is 140 Å². The van der Waals surface area contributed by atoms with Crippen molar-refractivity contribution in [3.8, 4) is 51.2 Å². The zero-order valence-corrected chi connectivity index (χ0v) is 34.0. The second-order valence-electron chi connectivity index (χ2n) is 16.0. The molecule has 6 heteroatoms. The summed E-state index contributed by atoms with van der Waals surface area (Å²) in [6, 6.07) is 77.4. The lowest BCUT2D eigenvalue weighted by Crippen LogP contribution is -2.00. The highest BCUT2D eigenvalue weighted by Crippen LogP contribution is 2.44. The summed E-state index contributed by atoms with van der Waals surface area (Å²) >= 11 is 0. The summed E-state index contributed by atoms with van der Waals surface area (Å²) in [6.07, 6.45) is 0. The molecule has 9 aromatic carbocycles. The van der Waals surface area contributed by atoms with E-state index >= 15 is 0 Å². The maximum Gasteiger partial charge on any atom is 0.164 e. The SMILES string of the molecule is c1ccc(-c2nc(-c3ccccc3)nc(-c3ccc4c(c3)c3ccc5c(c6ccccc6n5-c5ccccc5)c3n4-c3ccc4c(c3)c3ccccc3n4-c3ccccc3)n2)cc1. The highest BCUT2D eigenvalue weighted by atomic mass is 15.0. The summed E-state index contributed by atoms with van der Waals surface area (Å²) in [5.41, 5.74) is 13.1. The van der Waals surface area contributed by atoms with E-state index in [2.05, 4.69) is 196 Å². The van der Waals surface area contributed by atoms with Gasteiger partial charge in [0.2, 0.25) is 0 Å². The molecule has 63 heavy (non-hydrogen) atoms. The molecule has 4 aromatic heterocycles. The highest BCUT2D eigenvalue weighted by molar-refractivity contribution is 6.26. The molecule has 0 aliphatic rings. The molecular formula is C57H36N6. The Morgan fingerprint density at radius 1 is 0.254 bits per heavy atom. The van der Waals surface area contributed by atoms with Gasteiger partial charge >= 0.3 is 0 Å². The molecule has 0 fully saturated rings. The van der Waals surface area contributed by atoms with Crippen LogP contribution in [0.1, 0.15) is 0 Å². The Hall–Kier alpha value is -8.61. The van der Waals surface area contributed by atoms with E-state index in [1.54, 1.807) is 0 Å². The Morgan fingerprint density at radius 3 is 1.33 bits per heavy atom. The van der Waals surface area contributed by atoms with Crippen LogP contribution in [0.25, 0.3) is 117 Å². The minimum atomic E-state index is 0.627. The second-order valence-corrected chi connectivity index (χ2v) is 16.0. The van der Waals surface area contributed by atoms with Gasteiger partial charge in [-0.15, -0.1) is 0 Å². The molecule has 0 aliphatic heterocycles. The summed E-state index contributed by atoms with van der Waals surface area (Å²) in [5.74, 6) is 1.91. The third kappa shape index (κ3) is 5.48. The van der Waals surface area contributed by atoms with Crippen molar-refractivity contribution in [1.29, 1.82) is 0 Å². The van der Waals surface area contributed by atoms with Gasteiger partial charge in [-0.2, -0.15) is 0 Å². The summed E-state index contributed by atoms with van der Waals surface area (Å²) in [7, 11) is 0. The van der Waals surface area contributed by atoms with E-state index in [9.17, 15) is 0 Å². The maximum absolute atomic E-state index is 5.13. The van der Waals surface area contributed by atoms with Crippen molar-refractivity contribution in [3.05, 3.63) is 218 Å². The van der Waals surface area contributed by atoms with Crippen LogP contribution in [0.15, 0.2) is 218 Å². The van der Waals surface area contributed by atoms with E-state index in [0.717, 1.165) is 66.6 Å². The molecule has 0 bridgehead atoms. The van der Waals surface area contributed by atoms with Gasteiger partial charge in [-0.3, -0.25) is 0 Å². The lowest BCUT2D eigenvalue weighted by Gasteiger charge is -2.12. The van der Waals surface area contributed by atoms with E-state index < -0.39 is 0 Å². The topological polar surface area (TPSA) is 53.5 Å². The van der Waals surface area contributed by atoms with Crippen LogP contribution in [0.5, 0.6) is 0 Å². The molecule has 0 aliphatic carbocycles. The average Bonchev–Trinajstić information content (AvgIpc) is 4.00. The predicted molar refractivity (Wildman–Crippen MR) is 259 cm³/mol. The molecule has 0 unspecified atom stereocenters. The van der Waals surface area contributed by atoms with Crippen molar-refractivity contribution in [3.63, 3.8) is 0 Å². The lowest BCUT2D eigenvalue weighted by atomic mass is 10.1. The molecule has 0 saturated carbocycles. The van der Waals surface area contributed by atoms with Crippen LogP contribution in [-0.2, 0) is 0 Å². The van der Waals surface area contributed by atoms with E-state index in [-0.39, 0.29) is 0 Å². The van der Waals surface area contributed by atoms with Crippen molar-refractivity contribution < 1.29 is 0 Å². The van der Waals surface area contributed by atoms with Crippen LogP contribution in [0.3, 0.4) is 0 Å². The van der Waals surface area contributed by atoms with E-state index in [4.69, 9.17) is 15.0 Å². The largest absolute Gasteiger partial charge is 0.309 e. The molecule has 294 valence electrons.